The summed E-state index contributed by atoms with van der Waals surface area (Å²) in [5, 5.41) is 31.8. The molecule has 0 unspecified atom stereocenters. The summed E-state index contributed by atoms with van der Waals surface area (Å²) in [7, 11) is 0. The van der Waals surface area contributed by atoms with E-state index in [0.717, 1.165) is 12.1 Å². The second-order valence-corrected chi connectivity index (χ2v) is 6.34. The van der Waals surface area contributed by atoms with Gasteiger partial charge in [0.1, 0.15) is 11.4 Å². The summed E-state index contributed by atoms with van der Waals surface area (Å²) < 4.78 is 10.2. The number of ether oxygens (including phenoxy) is 2. The van der Waals surface area contributed by atoms with E-state index in [1.54, 1.807) is 45.3 Å². The summed E-state index contributed by atoms with van der Waals surface area (Å²) in [5.41, 5.74) is -1.60. The van der Waals surface area contributed by atoms with Gasteiger partial charge in [0.15, 0.2) is 12.5 Å². The quantitative estimate of drug-likeness (QED) is 0.429. The van der Waals surface area contributed by atoms with Crippen LogP contribution in [0.25, 0.3) is 0 Å². The molecule has 1 aromatic carbocycles. The fourth-order valence-electron chi connectivity index (χ4n) is 1.70. The summed E-state index contributed by atoms with van der Waals surface area (Å²) >= 11 is 0. The van der Waals surface area contributed by atoms with E-state index in [4.69, 9.17) is 14.6 Å². The lowest BCUT2D eigenvalue weighted by Crippen LogP contribution is -2.34. The number of carbonyl (C=O) groups is 1. The molecule has 2 N–H and O–H groups in total. The van der Waals surface area contributed by atoms with E-state index < -0.39 is 38.7 Å². The first-order valence-electron chi connectivity index (χ1n) is 8.11. The normalized spacial score (nSPS) is 10.2. The van der Waals surface area contributed by atoms with Crippen LogP contribution in [0.5, 0.6) is 11.5 Å². The first kappa shape index (κ1) is 23.1. The molecule has 1 heterocycles. The number of non-ortho nitro benzene ring substituents is 1. The van der Waals surface area contributed by atoms with Crippen molar-refractivity contribution in [3.05, 3.63) is 63.0 Å². The summed E-state index contributed by atoms with van der Waals surface area (Å²) in [4.78, 5) is 33.8. The van der Waals surface area contributed by atoms with Crippen LogP contribution in [0.15, 0.2) is 42.7 Å². The molecular formula is C17H20N4O8. The van der Waals surface area contributed by atoms with Gasteiger partial charge in [-0.3, -0.25) is 30.5 Å². The molecule has 1 amide bonds. The van der Waals surface area contributed by atoms with Crippen molar-refractivity contribution in [2.75, 3.05) is 6.73 Å². The SMILES string of the molecule is CC(C)(C)OC(=O)NCOc1cccnc1.O=[N+]([O-])c1ccc(O)c([N+](=O)[O-])c1. The van der Waals surface area contributed by atoms with Gasteiger partial charge in [-0.25, -0.2) is 4.79 Å². The standard InChI is InChI=1S/C11H16N2O3.C6H4N2O5/c1-11(2,3)16-10(14)13-8-15-9-5-4-6-12-7-9;9-6-2-1-4(7(10)11)3-5(6)8(12)13/h4-7H,8H2,1-3H3,(H,13,14);1-3,9H. The molecule has 0 aliphatic rings. The lowest BCUT2D eigenvalue weighted by atomic mass is 10.2. The van der Waals surface area contributed by atoms with Crippen molar-refractivity contribution in [3.63, 3.8) is 0 Å². The van der Waals surface area contributed by atoms with Gasteiger partial charge in [0, 0.05) is 12.3 Å². The van der Waals surface area contributed by atoms with E-state index in [0.29, 0.717) is 11.8 Å². The lowest BCUT2D eigenvalue weighted by molar-refractivity contribution is -0.394. The average molecular weight is 408 g/mol. The zero-order chi connectivity index (χ0) is 22.0. The van der Waals surface area contributed by atoms with Crippen LogP contribution in [0, 0.1) is 20.2 Å². The molecule has 0 fully saturated rings. The highest BCUT2D eigenvalue weighted by molar-refractivity contribution is 5.67. The van der Waals surface area contributed by atoms with Gasteiger partial charge in [-0.1, -0.05) is 0 Å². The Kier molecular flexibility index (Phi) is 8.27. The highest BCUT2D eigenvalue weighted by Crippen LogP contribution is 2.29. The second-order valence-electron chi connectivity index (χ2n) is 6.34. The molecule has 0 bridgehead atoms. The maximum Gasteiger partial charge on any atom is 0.410 e. The third kappa shape index (κ3) is 8.99. The number of aromatic hydroxyl groups is 1. The average Bonchev–Trinajstić information content (AvgIpc) is 2.61. The number of hydrogen-bond donors (Lipinski definition) is 2. The minimum absolute atomic E-state index is 0.0562. The monoisotopic (exact) mass is 408 g/mol. The van der Waals surface area contributed by atoms with E-state index in [-0.39, 0.29) is 6.73 Å². The van der Waals surface area contributed by atoms with E-state index in [9.17, 15) is 25.0 Å². The molecule has 2 aromatic rings. The fraction of sp³-hybridized carbons (Fsp3) is 0.294. The van der Waals surface area contributed by atoms with Gasteiger partial charge in [0.2, 0.25) is 0 Å². The van der Waals surface area contributed by atoms with Crippen LogP contribution in [0.4, 0.5) is 16.2 Å². The van der Waals surface area contributed by atoms with Crippen molar-refractivity contribution >= 4 is 17.5 Å². The molecule has 29 heavy (non-hydrogen) atoms. The number of benzene rings is 1. The molecule has 12 nitrogen and oxygen atoms in total. The van der Waals surface area contributed by atoms with Gasteiger partial charge < -0.3 is 14.6 Å². The van der Waals surface area contributed by atoms with Crippen LogP contribution in [-0.4, -0.2) is 38.4 Å². The first-order chi connectivity index (χ1) is 13.5. The number of phenolic OH excluding ortho intramolecular Hbond substituents is 1. The van der Waals surface area contributed by atoms with Crippen LogP contribution in [0.1, 0.15) is 20.8 Å². The molecule has 0 aliphatic carbocycles. The van der Waals surface area contributed by atoms with Gasteiger partial charge in [-0.15, -0.1) is 0 Å². The van der Waals surface area contributed by atoms with Crippen molar-refractivity contribution in [3.8, 4) is 11.5 Å². The first-order valence-corrected chi connectivity index (χ1v) is 8.11. The predicted octanol–water partition coefficient (Wildman–Crippen LogP) is 3.15. The Morgan fingerprint density at radius 3 is 2.41 bits per heavy atom. The van der Waals surface area contributed by atoms with Crippen molar-refractivity contribution in [1.29, 1.82) is 0 Å². The van der Waals surface area contributed by atoms with Crippen LogP contribution in [-0.2, 0) is 4.74 Å². The largest absolute Gasteiger partial charge is 0.502 e. The number of nitro groups is 2. The molecule has 0 aliphatic heterocycles. The number of nitrogens with one attached hydrogen (secondary N) is 1. The van der Waals surface area contributed by atoms with Crippen molar-refractivity contribution in [1.82, 2.24) is 10.3 Å². The highest BCUT2D eigenvalue weighted by atomic mass is 16.6. The zero-order valence-electron chi connectivity index (χ0n) is 15.9. The topological polar surface area (TPSA) is 167 Å². The van der Waals surface area contributed by atoms with E-state index >= 15 is 0 Å². The molecule has 0 atom stereocenters. The Balaban J connectivity index is 0.000000296. The van der Waals surface area contributed by atoms with Gasteiger partial charge in [-0.2, -0.15) is 0 Å². The number of carbonyl (C=O) groups excluding carboxylic acids is 1. The molecular weight excluding hydrogens is 388 g/mol. The van der Waals surface area contributed by atoms with Crippen LogP contribution >= 0.6 is 0 Å². The number of phenols is 1. The predicted molar refractivity (Wildman–Crippen MR) is 101 cm³/mol. The van der Waals surface area contributed by atoms with Gasteiger partial charge in [0.25, 0.3) is 5.69 Å². The highest BCUT2D eigenvalue weighted by Gasteiger charge is 2.18. The smallest absolute Gasteiger partial charge is 0.410 e. The summed E-state index contributed by atoms with van der Waals surface area (Å²) in [5.74, 6) is 0.00848. The Hall–Kier alpha value is -3.96. The minimum atomic E-state index is -0.887. The molecule has 0 saturated carbocycles. The second kappa shape index (κ2) is 10.4. The number of hydrogen-bond acceptors (Lipinski definition) is 9. The zero-order valence-corrected chi connectivity index (χ0v) is 15.9. The number of nitrogens with zero attached hydrogens (tertiary/aromatic N) is 3. The fourth-order valence-corrected chi connectivity index (χ4v) is 1.70. The van der Waals surface area contributed by atoms with Gasteiger partial charge in [-0.05, 0) is 39.0 Å². The van der Waals surface area contributed by atoms with Crippen molar-refractivity contribution in [2.24, 2.45) is 0 Å². The molecule has 1 aromatic heterocycles. The van der Waals surface area contributed by atoms with Crippen LogP contribution in [0.3, 0.4) is 0 Å². The number of amides is 1. The molecule has 156 valence electrons. The van der Waals surface area contributed by atoms with E-state index in [1.165, 1.54) is 0 Å². The number of pyridine rings is 1. The minimum Gasteiger partial charge on any atom is -0.502 e. The molecule has 2 rings (SSSR count). The van der Waals surface area contributed by atoms with E-state index in [1.807, 2.05) is 0 Å². The number of nitro benzene ring substituents is 2. The summed E-state index contributed by atoms with van der Waals surface area (Å²) in [6, 6.07) is 6.11. The number of alkyl carbamates (subject to hydrolysis) is 1. The van der Waals surface area contributed by atoms with Gasteiger partial charge >= 0.3 is 11.8 Å². The van der Waals surface area contributed by atoms with E-state index in [2.05, 4.69) is 10.3 Å². The molecule has 0 spiro atoms. The Morgan fingerprint density at radius 2 is 1.90 bits per heavy atom. The van der Waals surface area contributed by atoms with Crippen molar-refractivity contribution in [2.45, 2.75) is 26.4 Å². The van der Waals surface area contributed by atoms with Crippen LogP contribution < -0.4 is 10.1 Å². The third-order valence-corrected chi connectivity index (χ3v) is 2.86. The number of aromatic nitrogens is 1. The molecule has 12 heteroatoms. The maximum atomic E-state index is 11.2. The van der Waals surface area contributed by atoms with Crippen LogP contribution in [0.2, 0.25) is 0 Å². The summed E-state index contributed by atoms with van der Waals surface area (Å²) in [6.45, 7) is 5.46. The Morgan fingerprint density at radius 1 is 1.21 bits per heavy atom. The number of rotatable bonds is 5. The Labute approximate surface area is 165 Å². The maximum absolute atomic E-state index is 11.2. The molecule has 0 radical (unpaired) electrons. The van der Waals surface area contributed by atoms with Crippen molar-refractivity contribution < 1.29 is 29.2 Å². The third-order valence-electron chi connectivity index (χ3n) is 2.86. The summed E-state index contributed by atoms with van der Waals surface area (Å²) in [6.07, 6.45) is 2.71. The molecule has 0 saturated heterocycles. The Bertz CT molecular complexity index is 852. The van der Waals surface area contributed by atoms with Gasteiger partial charge in [0.05, 0.1) is 22.1 Å². The lowest BCUT2D eigenvalue weighted by Gasteiger charge is -2.19.